The molecule has 1 aliphatic rings. The number of allylic oxidation sites excluding steroid dienone is 1. The van der Waals surface area contributed by atoms with Crippen molar-refractivity contribution in [3.63, 3.8) is 0 Å². The van der Waals surface area contributed by atoms with Crippen molar-refractivity contribution >= 4 is 5.97 Å². The van der Waals surface area contributed by atoms with Gasteiger partial charge in [-0.15, -0.1) is 6.58 Å². The fraction of sp³-hybridized carbons (Fsp3) is 0.500. The van der Waals surface area contributed by atoms with Crippen molar-refractivity contribution in [2.75, 3.05) is 6.61 Å². The van der Waals surface area contributed by atoms with Gasteiger partial charge in [-0.3, -0.25) is 4.79 Å². The van der Waals surface area contributed by atoms with E-state index in [1.165, 1.54) is 6.08 Å². The summed E-state index contributed by atoms with van der Waals surface area (Å²) in [6.07, 6.45) is 4.33. The zero-order chi connectivity index (χ0) is 21.9. The quantitative estimate of drug-likeness (QED) is 0.421. The first-order chi connectivity index (χ1) is 13.7. The molecule has 0 spiro atoms. The predicted molar refractivity (Wildman–Crippen MR) is 107 cm³/mol. The Kier molecular flexibility index (Phi) is 10.5. The molecule has 0 amide bonds. The summed E-state index contributed by atoms with van der Waals surface area (Å²) in [5, 5.41) is 27.5. The van der Waals surface area contributed by atoms with E-state index in [1.54, 1.807) is 43.3 Å². The summed E-state index contributed by atoms with van der Waals surface area (Å²) in [6.45, 7) is 4.45. The van der Waals surface area contributed by atoms with Gasteiger partial charge in [-0.2, -0.15) is 8.78 Å². The van der Waals surface area contributed by atoms with Crippen LogP contribution in [-0.2, 0) is 4.79 Å². The van der Waals surface area contributed by atoms with Crippen LogP contribution < -0.4 is 4.74 Å². The molecule has 1 aromatic rings. The molecule has 0 aliphatic heterocycles. The van der Waals surface area contributed by atoms with Gasteiger partial charge in [0.05, 0.1) is 12.2 Å². The predicted octanol–water partition coefficient (Wildman–Crippen LogP) is 4.06. The van der Waals surface area contributed by atoms with Gasteiger partial charge in [0.2, 0.25) is 0 Å². The molecule has 4 atom stereocenters. The fourth-order valence-corrected chi connectivity index (χ4v) is 2.92. The number of carboxylic acid groups (broad SMARTS) is 1. The lowest BCUT2D eigenvalue weighted by atomic mass is 9.95. The Bertz CT molecular complexity index is 648. The molecule has 29 heavy (non-hydrogen) atoms. The van der Waals surface area contributed by atoms with E-state index in [9.17, 15) is 23.8 Å². The number of rotatable bonds is 9. The van der Waals surface area contributed by atoms with E-state index < -0.39 is 36.6 Å². The number of para-hydroxylation sites is 1. The van der Waals surface area contributed by atoms with Crippen LogP contribution in [0.1, 0.15) is 32.6 Å². The summed E-state index contributed by atoms with van der Waals surface area (Å²) in [6, 6.07) is 8.42. The molecule has 7 heteroatoms. The zero-order valence-electron chi connectivity index (χ0n) is 16.6. The number of hydrogen-bond acceptors (Lipinski definition) is 4. The molecule has 1 fully saturated rings. The second-order valence-electron chi connectivity index (χ2n) is 7.10. The van der Waals surface area contributed by atoms with Crippen LogP contribution >= 0.6 is 0 Å². The van der Waals surface area contributed by atoms with E-state index in [-0.39, 0.29) is 18.8 Å². The van der Waals surface area contributed by atoms with Gasteiger partial charge in [0.15, 0.2) is 6.61 Å². The molecule has 4 unspecified atom stereocenters. The van der Waals surface area contributed by atoms with E-state index >= 15 is 0 Å². The highest BCUT2D eigenvalue weighted by Gasteiger charge is 2.38. The Morgan fingerprint density at radius 1 is 1.28 bits per heavy atom. The van der Waals surface area contributed by atoms with Crippen molar-refractivity contribution in [1.82, 2.24) is 0 Å². The Morgan fingerprint density at radius 3 is 2.45 bits per heavy atom. The standard InChI is InChI=1S/C16H20F2O3.C6H10O2/c1-11-13(15(20)9-14(11)19)7-8-16(17,18)10-21-12-5-3-2-4-6-12;1-2-3-4-5-6(7)8/h2-8,11,13-15,19-20H,9-10H2,1H3;2H,1,3-5H2,(H,7,8)/b8-7+;. The van der Waals surface area contributed by atoms with Crippen LogP contribution in [0.3, 0.4) is 0 Å². The molecule has 0 aromatic heterocycles. The van der Waals surface area contributed by atoms with Crippen molar-refractivity contribution in [3.05, 3.63) is 55.1 Å². The van der Waals surface area contributed by atoms with Crippen molar-refractivity contribution in [2.24, 2.45) is 11.8 Å². The lowest BCUT2D eigenvalue weighted by Crippen LogP contribution is -2.24. The summed E-state index contributed by atoms with van der Waals surface area (Å²) >= 11 is 0. The zero-order valence-corrected chi connectivity index (χ0v) is 16.6. The number of alkyl halides is 2. The average molecular weight is 412 g/mol. The lowest BCUT2D eigenvalue weighted by Gasteiger charge is -2.18. The first kappa shape index (κ1) is 24.8. The summed E-state index contributed by atoms with van der Waals surface area (Å²) in [5.41, 5.74) is 0. The van der Waals surface area contributed by atoms with Crippen molar-refractivity contribution in [3.8, 4) is 5.75 Å². The van der Waals surface area contributed by atoms with Crippen LogP contribution in [0.15, 0.2) is 55.1 Å². The molecular formula is C22H30F2O5. The van der Waals surface area contributed by atoms with Gasteiger partial charge in [0.1, 0.15) is 5.75 Å². The average Bonchev–Trinajstić information content (AvgIpc) is 2.91. The molecule has 0 bridgehead atoms. The first-order valence-corrected chi connectivity index (χ1v) is 9.60. The highest BCUT2D eigenvalue weighted by atomic mass is 19.3. The van der Waals surface area contributed by atoms with E-state index in [2.05, 4.69) is 6.58 Å². The van der Waals surface area contributed by atoms with Gasteiger partial charge in [-0.05, 0) is 37.0 Å². The summed E-state index contributed by atoms with van der Waals surface area (Å²) in [4.78, 5) is 9.84. The van der Waals surface area contributed by atoms with E-state index in [0.717, 1.165) is 12.5 Å². The number of hydrogen-bond donors (Lipinski definition) is 3. The van der Waals surface area contributed by atoms with Crippen LogP contribution in [0.5, 0.6) is 5.75 Å². The molecule has 0 saturated heterocycles. The Morgan fingerprint density at radius 2 is 1.93 bits per heavy atom. The van der Waals surface area contributed by atoms with Crippen LogP contribution in [0.25, 0.3) is 0 Å². The summed E-state index contributed by atoms with van der Waals surface area (Å²) in [5.74, 6) is -4.16. The smallest absolute Gasteiger partial charge is 0.303 e. The number of carboxylic acids is 1. The molecular weight excluding hydrogens is 382 g/mol. The van der Waals surface area contributed by atoms with Crippen LogP contribution in [0, 0.1) is 11.8 Å². The number of carbonyl (C=O) groups is 1. The highest BCUT2D eigenvalue weighted by Crippen LogP contribution is 2.34. The third-order valence-electron chi connectivity index (χ3n) is 4.68. The third-order valence-corrected chi connectivity index (χ3v) is 4.68. The summed E-state index contributed by atoms with van der Waals surface area (Å²) in [7, 11) is 0. The minimum atomic E-state index is -3.12. The van der Waals surface area contributed by atoms with Gasteiger partial charge in [0, 0.05) is 18.8 Å². The SMILES string of the molecule is C=CCCCC(=O)O.CC1C(O)CC(O)C1/C=C/C(F)(F)COc1ccccc1. The van der Waals surface area contributed by atoms with Crippen molar-refractivity contribution < 1.29 is 33.6 Å². The van der Waals surface area contributed by atoms with E-state index in [1.807, 2.05) is 0 Å². The summed E-state index contributed by atoms with van der Waals surface area (Å²) < 4.78 is 32.6. The van der Waals surface area contributed by atoms with Crippen LogP contribution in [0.4, 0.5) is 8.78 Å². The monoisotopic (exact) mass is 412 g/mol. The minimum Gasteiger partial charge on any atom is -0.487 e. The van der Waals surface area contributed by atoms with Gasteiger partial charge < -0.3 is 20.1 Å². The minimum absolute atomic E-state index is 0.224. The Labute approximate surface area is 170 Å². The van der Waals surface area contributed by atoms with Gasteiger partial charge in [-0.25, -0.2) is 0 Å². The fourth-order valence-electron chi connectivity index (χ4n) is 2.92. The van der Waals surface area contributed by atoms with E-state index in [0.29, 0.717) is 12.2 Å². The number of ether oxygens (including phenoxy) is 1. The molecule has 2 rings (SSSR count). The van der Waals surface area contributed by atoms with Crippen molar-refractivity contribution in [1.29, 1.82) is 0 Å². The molecule has 5 nitrogen and oxygen atoms in total. The number of unbranched alkanes of at least 4 members (excludes halogenated alkanes) is 1. The molecule has 0 radical (unpaired) electrons. The number of aliphatic hydroxyl groups is 2. The second-order valence-corrected chi connectivity index (χ2v) is 7.10. The Hall–Kier alpha value is -2.25. The van der Waals surface area contributed by atoms with Crippen LogP contribution in [-0.4, -0.2) is 46.0 Å². The highest BCUT2D eigenvalue weighted by molar-refractivity contribution is 5.66. The lowest BCUT2D eigenvalue weighted by molar-refractivity contribution is -0.137. The van der Waals surface area contributed by atoms with Gasteiger partial charge in [0.25, 0.3) is 5.92 Å². The number of halogens is 2. The maximum absolute atomic E-state index is 13.8. The molecule has 0 heterocycles. The van der Waals surface area contributed by atoms with Crippen molar-refractivity contribution in [2.45, 2.75) is 50.7 Å². The number of aliphatic hydroxyl groups excluding tert-OH is 2. The first-order valence-electron chi connectivity index (χ1n) is 9.60. The maximum atomic E-state index is 13.8. The number of aliphatic carboxylic acids is 1. The third kappa shape index (κ3) is 9.67. The largest absolute Gasteiger partial charge is 0.487 e. The van der Waals surface area contributed by atoms with Gasteiger partial charge >= 0.3 is 5.97 Å². The molecule has 1 saturated carbocycles. The Balaban J connectivity index is 0.000000447. The molecule has 162 valence electrons. The maximum Gasteiger partial charge on any atom is 0.303 e. The van der Waals surface area contributed by atoms with Gasteiger partial charge in [-0.1, -0.05) is 37.3 Å². The topological polar surface area (TPSA) is 87.0 Å². The molecule has 1 aliphatic carbocycles. The van der Waals surface area contributed by atoms with E-state index in [4.69, 9.17) is 9.84 Å². The number of benzene rings is 1. The molecule has 3 N–H and O–H groups in total. The normalized spacial score (nSPS) is 24.0. The molecule has 1 aromatic carbocycles. The second kappa shape index (κ2) is 12.3. The van der Waals surface area contributed by atoms with Crippen LogP contribution in [0.2, 0.25) is 0 Å².